The highest BCUT2D eigenvalue weighted by Crippen LogP contribution is 2.42. The molecule has 0 aliphatic carbocycles. The number of rotatable bonds is 5. The smallest absolute Gasteiger partial charge is 0.245 e. The molecule has 6 heteroatoms. The predicted molar refractivity (Wildman–Crippen MR) is 158 cm³/mol. The number of benzene rings is 3. The summed E-state index contributed by atoms with van der Waals surface area (Å²) in [5.41, 5.74) is 8.54. The molecular weight excluding hydrogens is 472 g/mol. The number of nitrogens with one attached hydrogen (secondary N) is 1. The van der Waals surface area contributed by atoms with Crippen LogP contribution in [0.15, 0.2) is 48.5 Å². The lowest BCUT2D eigenvalue weighted by molar-refractivity contribution is -0.141. The Hall–Kier alpha value is -3.80. The number of carbonyl (C=O) groups is 2. The fraction of sp³-hybridized carbons (Fsp3) is 0.375. The number of carbonyl (C=O) groups excluding carboxylic acids is 2. The van der Waals surface area contributed by atoms with Gasteiger partial charge in [-0.1, -0.05) is 35.4 Å². The Morgan fingerprint density at radius 3 is 1.39 bits per heavy atom. The zero-order valence-corrected chi connectivity index (χ0v) is 24.4. The second-order valence-electron chi connectivity index (χ2n) is 11.4. The molecule has 1 heterocycles. The molecule has 0 spiro atoms. The third kappa shape index (κ3) is 4.64. The van der Waals surface area contributed by atoms with E-state index in [4.69, 9.17) is 0 Å². The van der Waals surface area contributed by atoms with Crippen LogP contribution in [0.4, 0.5) is 22.7 Å². The van der Waals surface area contributed by atoms with Crippen LogP contribution in [0.25, 0.3) is 0 Å². The molecule has 1 aliphatic rings. The van der Waals surface area contributed by atoms with Gasteiger partial charge >= 0.3 is 0 Å². The average molecular weight is 513 g/mol. The molecule has 200 valence electrons. The SMILES string of the molecule is Cc1cc(C)c(N2C(=O)C(C)(C)C(=O)N(c3c(C)cc(C)cc3C)C2Nc2ccc(N(C)C)cc2)c(C)c1. The number of aryl methyl sites for hydroxylation is 6. The van der Waals surface area contributed by atoms with Crippen molar-refractivity contribution in [1.82, 2.24) is 0 Å². The lowest BCUT2D eigenvalue weighted by Gasteiger charge is -2.50. The van der Waals surface area contributed by atoms with Crippen LogP contribution in [0.5, 0.6) is 0 Å². The minimum absolute atomic E-state index is 0.223. The summed E-state index contributed by atoms with van der Waals surface area (Å²) in [6.07, 6.45) is -0.756. The minimum Gasteiger partial charge on any atom is -0.378 e. The maximum atomic E-state index is 14.2. The molecule has 3 aromatic carbocycles. The first-order valence-electron chi connectivity index (χ1n) is 13.1. The van der Waals surface area contributed by atoms with Crippen LogP contribution < -0.4 is 20.0 Å². The first-order chi connectivity index (χ1) is 17.7. The largest absolute Gasteiger partial charge is 0.378 e. The van der Waals surface area contributed by atoms with E-state index >= 15 is 0 Å². The van der Waals surface area contributed by atoms with E-state index in [-0.39, 0.29) is 11.8 Å². The van der Waals surface area contributed by atoms with Crippen LogP contribution in [0, 0.1) is 47.0 Å². The van der Waals surface area contributed by atoms with E-state index in [1.165, 1.54) is 0 Å². The van der Waals surface area contributed by atoms with Crippen molar-refractivity contribution in [2.24, 2.45) is 5.41 Å². The van der Waals surface area contributed by atoms with Crippen LogP contribution >= 0.6 is 0 Å². The van der Waals surface area contributed by atoms with Gasteiger partial charge in [-0.05, 0) is 102 Å². The molecule has 0 aromatic heterocycles. The number of amides is 2. The summed E-state index contributed by atoms with van der Waals surface area (Å²) in [6.45, 7) is 15.7. The lowest BCUT2D eigenvalue weighted by Crippen LogP contribution is -2.69. The van der Waals surface area contributed by atoms with Gasteiger partial charge in [0, 0.05) is 25.5 Å². The molecule has 2 amide bonds. The van der Waals surface area contributed by atoms with Crippen molar-refractivity contribution >= 4 is 34.6 Å². The Kier molecular flexibility index (Phi) is 7.04. The van der Waals surface area contributed by atoms with Crippen molar-refractivity contribution in [3.05, 3.63) is 81.9 Å². The monoisotopic (exact) mass is 512 g/mol. The Bertz CT molecular complexity index is 1280. The van der Waals surface area contributed by atoms with Crippen molar-refractivity contribution in [2.45, 2.75) is 61.7 Å². The van der Waals surface area contributed by atoms with Crippen molar-refractivity contribution in [3.63, 3.8) is 0 Å². The summed E-state index contributed by atoms with van der Waals surface area (Å²) in [4.78, 5) is 34.1. The number of nitrogens with zero attached hydrogens (tertiary/aromatic N) is 3. The van der Waals surface area contributed by atoms with Crippen molar-refractivity contribution in [2.75, 3.05) is 34.1 Å². The Labute approximate surface area is 227 Å². The molecular formula is C32H40N4O2. The first kappa shape index (κ1) is 27.2. The molecule has 6 nitrogen and oxygen atoms in total. The topological polar surface area (TPSA) is 55.9 Å². The van der Waals surface area contributed by atoms with Crippen LogP contribution in [0.2, 0.25) is 0 Å². The predicted octanol–water partition coefficient (Wildman–Crippen LogP) is 6.40. The summed E-state index contributed by atoms with van der Waals surface area (Å²) in [6, 6.07) is 16.4. The molecule has 0 atom stereocenters. The van der Waals surface area contributed by atoms with Crippen LogP contribution in [0.3, 0.4) is 0 Å². The highest BCUT2D eigenvalue weighted by molar-refractivity contribution is 6.20. The van der Waals surface area contributed by atoms with Crippen molar-refractivity contribution in [1.29, 1.82) is 0 Å². The van der Waals surface area contributed by atoms with Gasteiger partial charge in [0.1, 0.15) is 5.41 Å². The molecule has 1 N–H and O–H groups in total. The third-order valence-corrected chi connectivity index (χ3v) is 7.43. The lowest BCUT2D eigenvalue weighted by atomic mass is 9.85. The Morgan fingerprint density at radius 2 is 1.05 bits per heavy atom. The molecule has 1 aliphatic heterocycles. The van der Waals surface area contributed by atoms with E-state index in [9.17, 15) is 9.59 Å². The molecule has 0 radical (unpaired) electrons. The highest BCUT2D eigenvalue weighted by atomic mass is 16.2. The molecule has 0 unspecified atom stereocenters. The van der Waals surface area contributed by atoms with Gasteiger partial charge in [-0.15, -0.1) is 0 Å². The number of anilines is 4. The van der Waals surface area contributed by atoms with Crippen LogP contribution in [-0.4, -0.2) is 32.2 Å². The summed E-state index contributed by atoms with van der Waals surface area (Å²) in [7, 11) is 4.00. The van der Waals surface area contributed by atoms with E-state index in [1.807, 2.05) is 71.0 Å². The van der Waals surface area contributed by atoms with Crippen LogP contribution in [-0.2, 0) is 9.59 Å². The van der Waals surface area contributed by atoms with E-state index < -0.39 is 11.7 Å². The fourth-order valence-corrected chi connectivity index (χ4v) is 5.72. The van der Waals surface area contributed by atoms with Crippen molar-refractivity contribution < 1.29 is 9.59 Å². The van der Waals surface area contributed by atoms with E-state index in [1.54, 1.807) is 23.6 Å². The van der Waals surface area contributed by atoms with Crippen LogP contribution in [0.1, 0.15) is 47.2 Å². The van der Waals surface area contributed by atoms with E-state index in [2.05, 4.69) is 43.4 Å². The number of hydrogen-bond acceptors (Lipinski definition) is 4. The molecule has 1 fully saturated rings. The summed E-state index contributed by atoms with van der Waals surface area (Å²) < 4.78 is 0. The molecule has 0 bridgehead atoms. The van der Waals surface area contributed by atoms with Gasteiger partial charge in [-0.2, -0.15) is 0 Å². The Morgan fingerprint density at radius 1 is 0.684 bits per heavy atom. The fourth-order valence-electron chi connectivity index (χ4n) is 5.72. The first-order valence-corrected chi connectivity index (χ1v) is 13.1. The standard InChI is InChI=1S/C32H40N4O2/c1-19-15-21(3)27(22(4)16-19)35-29(37)32(7,8)30(38)36(28-23(5)17-20(2)18-24(28)6)31(35)33-25-11-13-26(14-12-25)34(9)10/h11-18,31,33H,1-10H3. The second kappa shape index (κ2) is 9.82. The quantitative estimate of drug-likeness (QED) is 0.402. The van der Waals surface area contributed by atoms with E-state index in [0.29, 0.717) is 0 Å². The van der Waals surface area contributed by atoms with Gasteiger partial charge in [0.2, 0.25) is 11.8 Å². The molecule has 1 saturated heterocycles. The highest BCUT2D eigenvalue weighted by Gasteiger charge is 2.53. The van der Waals surface area contributed by atoms with Gasteiger partial charge in [0.05, 0.1) is 11.4 Å². The summed E-state index contributed by atoms with van der Waals surface area (Å²) >= 11 is 0. The van der Waals surface area contributed by atoms with Gasteiger partial charge in [-0.3, -0.25) is 19.4 Å². The van der Waals surface area contributed by atoms with Crippen molar-refractivity contribution in [3.8, 4) is 0 Å². The Balaban J connectivity index is 1.99. The molecule has 3 aromatic rings. The van der Waals surface area contributed by atoms with E-state index in [0.717, 1.165) is 56.1 Å². The minimum atomic E-state index is -1.25. The zero-order valence-electron chi connectivity index (χ0n) is 24.4. The number of hydrogen-bond donors (Lipinski definition) is 1. The van der Waals surface area contributed by atoms with Gasteiger partial charge in [-0.25, -0.2) is 0 Å². The molecule has 38 heavy (non-hydrogen) atoms. The molecule has 4 rings (SSSR count). The van der Waals surface area contributed by atoms with Gasteiger partial charge < -0.3 is 10.2 Å². The summed E-state index contributed by atoms with van der Waals surface area (Å²) in [5, 5.41) is 3.57. The maximum Gasteiger partial charge on any atom is 0.245 e. The summed E-state index contributed by atoms with van der Waals surface area (Å²) in [5.74, 6) is -0.447. The maximum absolute atomic E-state index is 14.2. The van der Waals surface area contributed by atoms with Gasteiger partial charge in [0.15, 0.2) is 6.29 Å². The van der Waals surface area contributed by atoms with Gasteiger partial charge in [0.25, 0.3) is 0 Å². The normalized spacial score (nSPS) is 15.7. The molecule has 0 saturated carbocycles. The second-order valence-corrected chi connectivity index (χ2v) is 11.4. The zero-order chi connectivity index (χ0) is 28.1. The third-order valence-electron chi connectivity index (χ3n) is 7.43. The average Bonchev–Trinajstić information content (AvgIpc) is 2.81.